The summed E-state index contributed by atoms with van der Waals surface area (Å²) in [6.07, 6.45) is 1.63. The van der Waals surface area contributed by atoms with Crippen LogP contribution in [-0.4, -0.2) is 26.3 Å². The van der Waals surface area contributed by atoms with Gasteiger partial charge in [0.15, 0.2) is 5.58 Å². The number of oxazole rings is 1. The van der Waals surface area contributed by atoms with E-state index in [4.69, 9.17) is 10.2 Å². The van der Waals surface area contributed by atoms with Crippen LogP contribution >= 0.6 is 0 Å². The molecule has 1 aliphatic rings. The molecule has 5 rings (SSSR count). The van der Waals surface area contributed by atoms with E-state index in [9.17, 15) is 14.4 Å². The van der Waals surface area contributed by atoms with Crippen LogP contribution in [-0.2, 0) is 0 Å². The highest BCUT2D eigenvalue weighted by Crippen LogP contribution is 2.27. The average molecular weight is 373 g/mol. The number of nitrogens with one attached hydrogen (secondary N) is 1. The summed E-state index contributed by atoms with van der Waals surface area (Å²) in [6, 6.07) is 11.4. The monoisotopic (exact) mass is 373 g/mol. The summed E-state index contributed by atoms with van der Waals surface area (Å²) in [7, 11) is 0. The van der Waals surface area contributed by atoms with Gasteiger partial charge in [0.05, 0.1) is 16.8 Å². The molecule has 0 saturated heterocycles. The van der Waals surface area contributed by atoms with Gasteiger partial charge >= 0.3 is 0 Å². The summed E-state index contributed by atoms with van der Waals surface area (Å²) in [6.45, 7) is 0. The number of fused-ring (bicyclic) bond motifs is 2. The van der Waals surface area contributed by atoms with Crippen molar-refractivity contribution in [2.75, 3.05) is 5.73 Å². The van der Waals surface area contributed by atoms with Crippen LogP contribution in [0.3, 0.4) is 0 Å². The van der Waals surface area contributed by atoms with Crippen LogP contribution in [0.1, 0.15) is 20.7 Å². The maximum absolute atomic E-state index is 12.6. The molecule has 4 aromatic rings. The number of carbonyl (C=O) groups excluding carboxylic acids is 2. The molecule has 9 heteroatoms. The highest BCUT2D eigenvalue weighted by atomic mass is 16.3. The quantitative estimate of drug-likeness (QED) is 0.509. The standard InChI is InChI=1S/C19H11N5O4/c20-16-15-10(17(26)23-18(15)27)8-14(25)24(16)9-4-5-13-12(7-9)22-19(28-13)11-3-1-2-6-21-11/h1-8H,20H2,(H,23,26,27). The van der Waals surface area contributed by atoms with E-state index < -0.39 is 17.4 Å². The summed E-state index contributed by atoms with van der Waals surface area (Å²) >= 11 is 0. The van der Waals surface area contributed by atoms with Crippen LogP contribution in [0.5, 0.6) is 0 Å². The number of benzene rings is 1. The molecular weight excluding hydrogens is 362 g/mol. The highest BCUT2D eigenvalue weighted by molar-refractivity contribution is 6.23. The Hall–Kier alpha value is -4.27. The smallest absolute Gasteiger partial charge is 0.262 e. The zero-order chi connectivity index (χ0) is 19.4. The molecule has 4 heterocycles. The Balaban J connectivity index is 1.69. The number of nitrogens with two attached hydrogens (primary N) is 1. The highest BCUT2D eigenvalue weighted by Gasteiger charge is 2.31. The maximum Gasteiger partial charge on any atom is 0.262 e. The number of amides is 2. The Kier molecular flexibility index (Phi) is 3.20. The van der Waals surface area contributed by atoms with Crippen LogP contribution in [0.4, 0.5) is 5.82 Å². The molecule has 0 atom stereocenters. The third-order valence-electron chi connectivity index (χ3n) is 4.47. The molecule has 0 radical (unpaired) electrons. The van der Waals surface area contributed by atoms with Gasteiger partial charge in [-0.3, -0.25) is 29.3 Å². The number of anilines is 1. The molecule has 3 N–H and O–H groups in total. The molecule has 9 nitrogen and oxygen atoms in total. The van der Waals surface area contributed by atoms with Crippen LogP contribution in [0.25, 0.3) is 28.4 Å². The molecular formula is C19H11N5O4. The third kappa shape index (κ3) is 2.23. The second-order valence-electron chi connectivity index (χ2n) is 6.16. The predicted molar refractivity (Wildman–Crippen MR) is 99.0 cm³/mol. The summed E-state index contributed by atoms with van der Waals surface area (Å²) in [5.41, 5.74) is 7.45. The topological polar surface area (TPSA) is 133 Å². The molecule has 0 unspecified atom stereocenters. The van der Waals surface area contributed by atoms with Crippen molar-refractivity contribution in [1.82, 2.24) is 19.9 Å². The molecule has 1 aliphatic heterocycles. The normalized spacial score (nSPS) is 13.0. The van der Waals surface area contributed by atoms with Gasteiger partial charge in [-0.2, -0.15) is 0 Å². The maximum atomic E-state index is 12.6. The first-order valence-electron chi connectivity index (χ1n) is 8.26. The Labute approximate surface area is 156 Å². The minimum absolute atomic E-state index is 0.0148. The van der Waals surface area contributed by atoms with Crippen molar-refractivity contribution in [1.29, 1.82) is 0 Å². The van der Waals surface area contributed by atoms with Crippen molar-refractivity contribution in [3.8, 4) is 17.3 Å². The third-order valence-corrected chi connectivity index (χ3v) is 4.47. The number of imide groups is 1. The molecule has 2 amide bonds. The van der Waals surface area contributed by atoms with E-state index in [2.05, 4.69) is 15.3 Å². The van der Waals surface area contributed by atoms with Gasteiger partial charge in [-0.1, -0.05) is 6.07 Å². The van der Waals surface area contributed by atoms with Crippen molar-refractivity contribution >= 4 is 28.7 Å². The van der Waals surface area contributed by atoms with E-state index >= 15 is 0 Å². The fraction of sp³-hybridized carbons (Fsp3) is 0. The van der Waals surface area contributed by atoms with Crippen molar-refractivity contribution < 1.29 is 14.0 Å². The molecule has 136 valence electrons. The minimum atomic E-state index is -0.636. The van der Waals surface area contributed by atoms with Crippen LogP contribution in [0.15, 0.2) is 57.9 Å². The fourth-order valence-electron chi connectivity index (χ4n) is 3.20. The van der Waals surface area contributed by atoms with Gasteiger partial charge in [0.1, 0.15) is 17.0 Å². The average Bonchev–Trinajstić information content (AvgIpc) is 3.23. The van der Waals surface area contributed by atoms with Crippen molar-refractivity contribution in [2.24, 2.45) is 0 Å². The van der Waals surface area contributed by atoms with Gasteiger partial charge in [0.25, 0.3) is 17.4 Å². The molecule has 3 aromatic heterocycles. The summed E-state index contributed by atoms with van der Waals surface area (Å²) in [5.74, 6) is -1.04. The molecule has 0 spiro atoms. The first kappa shape index (κ1) is 15.9. The molecule has 1 aromatic carbocycles. The van der Waals surface area contributed by atoms with Crippen LogP contribution in [0.2, 0.25) is 0 Å². The zero-order valence-electron chi connectivity index (χ0n) is 14.2. The van der Waals surface area contributed by atoms with Gasteiger partial charge in [-0.05, 0) is 30.3 Å². The lowest BCUT2D eigenvalue weighted by atomic mass is 10.1. The summed E-state index contributed by atoms with van der Waals surface area (Å²) in [5, 5.41) is 2.14. The number of nitrogen functional groups attached to an aromatic ring is 1. The zero-order valence-corrected chi connectivity index (χ0v) is 14.2. The first-order chi connectivity index (χ1) is 13.5. The Morgan fingerprint density at radius 1 is 1.04 bits per heavy atom. The number of hydrogen-bond acceptors (Lipinski definition) is 7. The fourth-order valence-corrected chi connectivity index (χ4v) is 3.20. The van der Waals surface area contributed by atoms with E-state index in [1.54, 1.807) is 36.5 Å². The van der Waals surface area contributed by atoms with E-state index in [0.29, 0.717) is 28.4 Å². The van der Waals surface area contributed by atoms with Gasteiger partial charge in [0, 0.05) is 12.3 Å². The molecule has 0 saturated carbocycles. The van der Waals surface area contributed by atoms with E-state index in [1.165, 1.54) is 0 Å². The van der Waals surface area contributed by atoms with Crippen molar-refractivity contribution in [3.63, 3.8) is 0 Å². The van der Waals surface area contributed by atoms with Crippen LogP contribution < -0.4 is 16.6 Å². The van der Waals surface area contributed by atoms with Gasteiger partial charge in [-0.15, -0.1) is 0 Å². The lowest BCUT2D eigenvalue weighted by molar-refractivity contribution is 0.0880. The first-order valence-corrected chi connectivity index (χ1v) is 8.26. The Morgan fingerprint density at radius 3 is 2.68 bits per heavy atom. The predicted octanol–water partition coefficient (Wildman–Crippen LogP) is 1.51. The van der Waals surface area contributed by atoms with Crippen molar-refractivity contribution in [3.05, 3.63) is 70.1 Å². The van der Waals surface area contributed by atoms with Gasteiger partial charge < -0.3 is 10.2 Å². The van der Waals surface area contributed by atoms with Gasteiger partial charge in [-0.25, -0.2) is 4.98 Å². The molecule has 0 fully saturated rings. The molecule has 0 bridgehead atoms. The Morgan fingerprint density at radius 2 is 1.89 bits per heavy atom. The second-order valence-corrected chi connectivity index (χ2v) is 6.16. The second kappa shape index (κ2) is 5.61. The van der Waals surface area contributed by atoms with E-state index in [0.717, 1.165) is 10.6 Å². The number of hydrogen-bond donors (Lipinski definition) is 2. The number of pyridine rings is 2. The van der Waals surface area contributed by atoms with Crippen LogP contribution in [0, 0.1) is 0 Å². The number of aromatic nitrogens is 3. The number of nitrogens with zero attached hydrogens (tertiary/aromatic N) is 3. The van der Waals surface area contributed by atoms with E-state index in [-0.39, 0.29) is 16.9 Å². The van der Waals surface area contributed by atoms with Crippen molar-refractivity contribution in [2.45, 2.75) is 0 Å². The lowest BCUT2D eigenvalue weighted by Crippen LogP contribution is -2.24. The SMILES string of the molecule is Nc1c2c(cc(=O)n1-c1ccc3oc(-c4ccccn4)nc3c1)C(=O)NC2=O. The summed E-state index contributed by atoms with van der Waals surface area (Å²) < 4.78 is 6.87. The number of carbonyl (C=O) groups is 2. The minimum Gasteiger partial charge on any atom is -0.435 e. The summed E-state index contributed by atoms with van der Waals surface area (Å²) in [4.78, 5) is 44.9. The largest absolute Gasteiger partial charge is 0.435 e. The van der Waals surface area contributed by atoms with E-state index in [1.807, 2.05) is 6.07 Å². The molecule has 0 aliphatic carbocycles. The number of rotatable bonds is 2. The molecule has 28 heavy (non-hydrogen) atoms. The van der Waals surface area contributed by atoms with Gasteiger partial charge in [0.2, 0.25) is 5.89 Å². The Bertz CT molecular complexity index is 1350. The lowest BCUT2D eigenvalue weighted by Gasteiger charge is -2.11.